The normalized spacial score (nSPS) is 20.0. The molecule has 114 valence electrons. The maximum atomic E-state index is 12.4. The number of rotatable bonds is 4. The van der Waals surface area contributed by atoms with Crippen LogP contribution in [0.15, 0.2) is 18.2 Å². The Kier molecular flexibility index (Phi) is 4.51. The number of hydrogen-bond donors (Lipinski definition) is 1. The van der Waals surface area contributed by atoms with E-state index in [4.69, 9.17) is 16.3 Å². The molecule has 21 heavy (non-hydrogen) atoms. The van der Waals surface area contributed by atoms with E-state index in [9.17, 15) is 4.79 Å². The lowest BCUT2D eigenvalue weighted by Gasteiger charge is -2.35. The molecule has 0 spiro atoms. The highest BCUT2D eigenvalue weighted by molar-refractivity contribution is 6.18. The second kappa shape index (κ2) is 6.37. The number of fused-ring (bicyclic) bond motifs is 1. The predicted octanol–water partition coefficient (Wildman–Crippen LogP) is 3.64. The zero-order valence-corrected chi connectivity index (χ0v) is 13.0. The molecule has 3 nitrogen and oxygen atoms in total. The van der Waals surface area contributed by atoms with Gasteiger partial charge in [-0.25, -0.2) is 0 Å². The van der Waals surface area contributed by atoms with Gasteiger partial charge in [-0.15, -0.1) is 11.6 Å². The van der Waals surface area contributed by atoms with Crippen molar-refractivity contribution in [3.8, 4) is 0 Å². The van der Waals surface area contributed by atoms with Crippen molar-refractivity contribution >= 4 is 17.5 Å². The van der Waals surface area contributed by atoms with Gasteiger partial charge in [0.1, 0.15) is 0 Å². The molecule has 1 aromatic carbocycles. The van der Waals surface area contributed by atoms with E-state index in [0.29, 0.717) is 25.6 Å². The van der Waals surface area contributed by atoms with Crippen LogP contribution in [0.25, 0.3) is 0 Å². The van der Waals surface area contributed by atoms with Gasteiger partial charge in [0.15, 0.2) is 0 Å². The van der Waals surface area contributed by atoms with E-state index in [1.807, 2.05) is 18.2 Å². The molecule has 3 rings (SSSR count). The number of halogens is 1. The topological polar surface area (TPSA) is 38.3 Å². The van der Waals surface area contributed by atoms with Crippen molar-refractivity contribution in [3.63, 3.8) is 0 Å². The fourth-order valence-corrected chi connectivity index (χ4v) is 3.70. The molecule has 0 atom stereocenters. The molecule has 1 heterocycles. The van der Waals surface area contributed by atoms with Crippen molar-refractivity contribution in [2.45, 2.75) is 45.3 Å². The molecule has 1 amide bonds. The zero-order chi connectivity index (χ0) is 14.7. The number of carbonyl (C=O) groups excluding carboxylic acids is 1. The van der Waals surface area contributed by atoms with Crippen LogP contribution in [-0.4, -0.2) is 18.3 Å². The van der Waals surface area contributed by atoms with Gasteiger partial charge in [0, 0.05) is 23.4 Å². The molecular weight excluding hydrogens is 286 g/mol. The summed E-state index contributed by atoms with van der Waals surface area (Å²) in [6.07, 6.45) is 5.97. The number of alkyl halides is 1. The van der Waals surface area contributed by atoms with E-state index < -0.39 is 0 Å². The summed E-state index contributed by atoms with van der Waals surface area (Å²) in [6.45, 7) is 1.96. The third-order valence-corrected chi connectivity index (χ3v) is 5.37. The number of benzene rings is 1. The SMILES string of the molecule is O=C(NCC1(CCl)CCCCC1)c1ccc2c(c1)COC2. The Bertz CT molecular complexity index is 524. The van der Waals surface area contributed by atoms with Gasteiger partial charge >= 0.3 is 0 Å². The number of amides is 1. The Hall–Kier alpha value is -1.06. The first-order valence-electron chi connectivity index (χ1n) is 7.76. The summed E-state index contributed by atoms with van der Waals surface area (Å²) in [5.41, 5.74) is 3.14. The molecule has 1 aromatic rings. The minimum Gasteiger partial charge on any atom is -0.372 e. The minimum absolute atomic E-state index is 0.000217. The Morgan fingerprint density at radius 1 is 1.19 bits per heavy atom. The van der Waals surface area contributed by atoms with Crippen molar-refractivity contribution in [2.24, 2.45) is 5.41 Å². The van der Waals surface area contributed by atoms with E-state index in [1.54, 1.807) is 0 Å². The van der Waals surface area contributed by atoms with Crippen LogP contribution in [-0.2, 0) is 18.0 Å². The molecule has 0 bridgehead atoms. The number of hydrogen-bond acceptors (Lipinski definition) is 2. The molecule has 2 aliphatic rings. The summed E-state index contributed by atoms with van der Waals surface area (Å²) < 4.78 is 5.39. The van der Waals surface area contributed by atoms with Gasteiger partial charge in [-0.05, 0) is 36.1 Å². The molecule has 0 unspecified atom stereocenters. The second-order valence-electron chi connectivity index (χ2n) is 6.35. The quantitative estimate of drug-likeness (QED) is 0.863. The van der Waals surface area contributed by atoms with Crippen molar-refractivity contribution in [3.05, 3.63) is 34.9 Å². The Labute approximate surface area is 131 Å². The molecule has 4 heteroatoms. The second-order valence-corrected chi connectivity index (χ2v) is 6.62. The maximum Gasteiger partial charge on any atom is 0.251 e. The maximum absolute atomic E-state index is 12.4. The fourth-order valence-electron chi connectivity index (χ4n) is 3.34. The largest absolute Gasteiger partial charge is 0.372 e. The van der Waals surface area contributed by atoms with Crippen LogP contribution in [0.1, 0.15) is 53.6 Å². The molecule has 0 radical (unpaired) electrons. The predicted molar refractivity (Wildman–Crippen MR) is 83.5 cm³/mol. The van der Waals surface area contributed by atoms with Crippen LogP contribution < -0.4 is 5.32 Å². The highest BCUT2D eigenvalue weighted by Gasteiger charge is 2.31. The Morgan fingerprint density at radius 2 is 1.95 bits per heavy atom. The van der Waals surface area contributed by atoms with Gasteiger partial charge in [-0.3, -0.25) is 4.79 Å². The zero-order valence-electron chi connectivity index (χ0n) is 12.3. The number of nitrogens with one attached hydrogen (secondary N) is 1. The van der Waals surface area contributed by atoms with Crippen LogP contribution in [0.3, 0.4) is 0 Å². The first-order valence-corrected chi connectivity index (χ1v) is 8.30. The highest BCUT2D eigenvalue weighted by Crippen LogP contribution is 2.36. The first-order chi connectivity index (χ1) is 10.2. The smallest absolute Gasteiger partial charge is 0.251 e. The van der Waals surface area contributed by atoms with Crippen LogP contribution in [0, 0.1) is 5.41 Å². The lowest BCUT2D eigenvalue weighted by atomic mass is 9.75. The average Bonchev–Trinajstić information content (AvgIpc) is 3.01. The minimum atomic E-state index is -0.000217. The lowest BCUT2D eigenvalue weighted by molar-refractivity contribution is 0.0920. The van der Waals surface area contributed by atoms with Gasteiger partial charge in [-0.2, -0.15) is 0 Å². The average molecular weight is 308 g/mol. The van der Waals surface area contributed by atoms with E-state index in [1.165, 1.54) is 24.8 Å². The van der Waals surface area contributed by atoms with Crippen LogP contribution >= 0.6 is 11.6 Å². The van der Waals surface area contributed by atoms with Crippen LogP contribution in [0.2, 0.25) is 0 Å². The molecule has 1 saturated carbocycles. The molecule has 1 fully saturated rings. The summed E-state index contributed by atoms with van der Waals surface area (Å²) in [7, 11) is 0. The van der Waals surface area contributed by atoms with Crippen molar-refractivity contribution in [1.29, 1.82) is 0 Å². The summed E-state index contributed by atoms with van der Waals surface area (Å²) in [5.74, 6) is 0.630. The monoisotopic (exact) mass is 307 g/mol. The molecule has 1 aliphatic heterocycles. The van der Waals surface area contributed by atoms with Crippen LogP contribution in [0.5, 0.6) is 0 Å². The van der Waals surface area contributed by atoms with E-state index in [-0.39, 0.29) is 11.3 Å². The van der Waals surface area contributed by atoms with E-state index in [2.05, 4.69) is 5.32 Å². The van der Waals surface area contributed by atoms with Gasteiger partial charge in [-0.1, -0.05) is 25.3 Å². The summed E-state index contributed by atoms with van der Waals surface area (Å²) in [4.78, 5) is 12.4. The number of carbonyl (C=O) groups is 1. The first kappa shape index (κ1) is 14.9. The standard InChI is InChI=1S/C17H22ClNO2/c18-11-17(6-2-1-3-7-17)12-19-16(20)13-4-5-14-9-21-10-15(14)8-13/h4-5,8H,1-3,6-7,9-12H2,(H,19,20). The van der Waals surface area contributed by atoms with Gasteiger partial charge < -0.3 is 10.1 Å². The Balaban J connectivity index is 1.63. The van der Waals surface area contributed by atoms with Gasteiger partial charge in [0.2, 0.25) is 0 Å². The third kappa shape index (κ3) is 3.24. The molecule has 0 saturated heterocycles. The van der Waals surface area contributed by atoms with Crippen LogP contribution in [0.4, 0.5) is 0 Å². The third-order valence-electron chi connectivity index (χ3n) is 4.81. The summed E-state index contributed by atoms with van der Waals surface area (Å²) in [5, 5.41) is 3.09. The van der Waals surface area contributed by atoms with E-state index >= 15 is 0 Å². The highest BCUT2D eigenvalue weighted by atomic mass is 35.5. The summed E-state index contributed by atoms with van der Waals surface area (Å²) in [6, 6.07) is 5.83. The summed E-state index contributed by atoms with van der Waals surface area (Å²) >= 11 is 6.18. The van der Waals surface area contributed by atoms with Gasteiger partial charge in [0.05, 0.1) is 13.2 Å². The molecular formula is C17H22ClNO2. The molecule has 0 aromatic heterocycles. The Morgan fingerprint density at radius 3 is 2.71 bits per heavy atom. The van der Waals surface area contributed by atoms with Crippen molar-refractivity contribution in [1.82, 2.24) is 5.32 Å². The van der Waals surface area contributed by atoms with E-state index in [0.717, 1.165) is 24.0 Å². The number of ether oxygens (including phenoxy) is 1. The van der Waals surface area contributed by atoms with Crippen molar-refractivity contribution < 1.29 is 9.53 Å². The van der Waals surface area contributed by atoms with Crippen molar-refractivity contribution in [2.75, 3.05) is 12.4 Å². The van der Waals surface area contributed by atoms with Gasteiger partial charge in [0.25, 0.3) is 5.91 Å². The lowest BCUT2D eigenvalue weighted by Crippen LogP contribution is -2.40. The molecule has 1 N–H and O–H groups in total. The fraction of sp³-hybridized carbons (Fsp3) is 0.588. The molecule has 1 aliphatic carbocycles.